The van der Waals surface area contributed by atoms with Gasteiger partial charge < -0.3 is 14.1 Å². The highest BCUT2D eigenvalue weighted by atomic mass is 19.2. The molecule has 2 heterocycles. The van der Waals surface area contributed by atoms with Crippen molar-refractivity contribution >= 4 is 27.4 Å². The van der Waals surface area contributed by atoms with Crippen molar-refractivity contribution in [3.05, 3.63) is 82.2 Å². The number of benzene rings is 3. The van der Waals surface area contributed by atoms with Gasteiger partial charge in [-0.3, -0.25) is 0 Å². The molecule has 0 fully saturated rings. The molecular weight excluding hydrogens is 352 g/mol. The van der Waals surface area contributed by atoms with Crippen LogP contribution in [0.4, 0.5) is 14.5 Å². The molecule has 0 radical (unpaired) electrons. The monoisotopic (exact) mass is 365 g/mol. The Bertz CT molecular complexity index is 1270. The third-order valence-electron chi connectivity index (χ3n) is 4.84. The van der Waals surface area contributed by atoms with Crippen molar-refractivity contribution in [2.45, 2.75) is 6.54 Å². The predicted octanol–water partition coefficient (Wildman–Crippen LogP) is 4.58. The molecule has 4 aromatic rings. The molecule has 0 atom stereocenters. The van der Waals surface area contributed by atoms with Crippen LogP contribution in [0.5, 0.6) is 5.75 Å². The summed E-state index contributed by atoms with van der Waals surface area (Å²) in [6.45, 7) is 0.528. The molecule has 3 aromatic carbocycles. The first-order chi connectivity index (χ1) is 13.1. The normalized spacial score (nSPS) is 13.6. The second-order valence-electron chi connectivity index (χ2n) is 6.42. The van der Waals surface area contributed by atoms with E-state index >= 15 is 0 Å². The van der Waals surface area contributed by atoms with Crippen LogP contribution in [0.3, 0.4) is 0 Å². The van der Waals surface area contributed by atoms with E-state index in [9.17, 15) is 13.6 Å². The highest BCUT2D eigenvalue weighted by Gasteiger charge is 2.23. The lowest BCUT2D eigenvalue weighted by atomic mass is 10.0. The van der Waals surface area contributed by atoms with Crippen LogP contribution in [0, 0.1) is 11.6 Å². The fraction of sp³-hybridized carbons (Fsp3) is 0.0952. The molecule has 1 aliphatic heterocycles. The lowest BCUT2D eigenvalue weighted by Gasteiger charge is -2.31. The van der Waals surface area contributed by atoms with Crippen LogP contribution < -0.4 is 15.3 Å². The summed E-state index contributed by atoms with van der Waals surface area (Å²) >= 11 is 0. The number of rotatable bonds is 1. The van der Waals surface area contributed by atoms with E-state index in [2.05, 4.69) is 0 Å². The van der Waals surface area contributed by atoms with Gasteiger partial charge in [-0.15, -0.1) is 0 Å². The topological polar surface area (TPSA) is 42.7 Å². The minimum atomic E-state index is -0.922. The minimum absolute atomic E-state index is 0.182. The third-order valence-corrected chi connectivity index (χ3v) is 4.84. The zero-order valence-electron chi connectivity index (χ0n) is 14.0. The van der Waals surface area contributed by atoms with Crippen LogP contribution in [0.15, 0.2) is 63.8 Å². The first-order valence-electron chi connectivity index (χ1n) is 8.42. The molecule has 0 saturated heterocycles. The Labute approximate surface area is 152 Å². The lowest BCUT2D eigenvalue weighted by Crippen LogP contribution is -2.32. The molecule has 0 N–H and O–H groups in total. The summed E-state index contributed by atoms with van der Waals surface area (Å²) in [5, 5.41) is 2.12. The van der Waals surface area contributed by atoms with Gasteiger partial charge in [0.25, 0.3) is 0 Å². The van der Waals surface area contributed by atoms with Crippen molar-refractivity contribution in [3.8, 4) is 5.75 Å². The van der Waals surface area contributed by atoms with Gasteiger partial charge in [0.2, 0.25) is 0 Å². The first-order valence-corrected chi connectivity index (χ1v) is 8.42. The zero-order chi connectivity index (χ0) is 18.5. The van der Waals surface area contributed by atoms with Gasteiger partial charge in [0.05, 0.1) is 17.5 Å². The maximum absolute atomic E-state index is 13.6. The van der Waals surface area contributed by atoms with Gasteiger partial charge in [-0.2, -0.15) is 0 Å². The first kappa shape index (κ1) is 15.8. The molecule has 0 amide bonds. The smallest absolute Gasteiger partial charge is 0.344 e. The quantitative estimate of drug-likeness (QED) is 0.366. The van der Waals surface area contributed by atoms with Crippen LogP contribution in [0.1, 0.15) is 5.56 Å². The molecule has 27 heavy (non-hydrogen) atoms. The van der Waals surface area contributed by atoms with Crippen molar-refractivity contribution in [1.29, 1.82) is 0 Å². The van der Waals surface area contributed by atoms with Crippen molar-refractivity contribution in [2.24, 2.45) is 0 Å². The Kier molecular flexibility index (Phi) is 3.40. The zero-order valence-corrected chi connectivity index (χ0v) is 14.0. The highest BCUT2D eigenvalue weighted by Crippen LogP contribution is 2.36. The number of hydrogen-bond acceptors (Lipinski definition) is 4. The van der Waals surface area contributed by atoms with E-state index in [-0.39, 0.29) is 6.73 Å². The summed E-state index contributed by atoms with van der Waals surface area (Å²) in [6.07, 6.45) is 0. The molecule has 0 bridgehead atoms. The second kappa shape index (κ2) is 5.81. The van der Waals surface area contributed by atoms with Crippen LogP contribution in [0.25, 0.3) is 21.7 Å². The highest BCUT2D eigenvalue weighted by molar-refractivity contribution is 6.05. The average molecular weight is 365 g/mol. The Hall–Kier alpha value is -3.41. The molecule has 1 aliphatic rings. The van der Waals surface area contributed by atoms with Crippen molar-refractivity contribution < 1.29 is 17.9 Å². The number of ether oxygens (including phenoxy) is 1. The summed E-state index contributed by atoms with van der Waals surface area (Å²) in [4.78, 5) is 14.1. The average Bonchev–Trinajstić information content (AvgIpc) is 2.70. The van der Waals surface area contributed by atoms with Crippen molar-refractivity contribution in [3.63, 3.8) is 0 Å². The molecular formula is C21H13F2NO3. The summed E-state index contributed by atoms with van der Waals surface area (Å²) in [5.74, 6) is -1.21. The maximum atomic E-state index is 13.6. The Morgan fingerprint density at radius 1 is 0.889 bits per heavy atom. The largest absolute Gasteiger partial charge is 0.473 e. The van der Waals surface area contributed by atoms with Gasteiger partial charge in [0.15, 0.2) is 18.4 Å². The van der Waals surface area contributed by atoms with E-state index in [1.54, 1.807) is 17.0 Å². The fourth-order valence-electron chi connectivity index (χ4n) is 3.50. The van der Waals surface area contributed by atoms with Gasteiger partial charge in [-0.05, 0) is 35.7 Å². The number of hydrogen-bond donors (Lipinski definition) is 0. The van der Waals surface area contributed by atoms with Gasteiger partial charge >= 0.3 is 5.63 Å². The van der Waals surface area contributed by atoms with E-state index in [4.69, 9.17) is 9.15 Å². The van der Waals surface area contributed by atoms with Gasteiger partial charge in [0.1, 0.15) is 11.3 Å². The standard InChI is InChI=1S/C21H13F2NO3/c22-17-7-5-12(9-18(17)23)24-10-16-19(26-11-24)8-6-14-13-3-1-2-4-15(13)21(25)27-20(14)16/h1-9H,10-11H2. The van der Waals surface area contributed by atoms with Gasteiger partial charge in [-0.25, -0.2) is 13.6 Å². The summed E-state index contributed by atoms with van der Waals surface area (Å²) < 4.78 is 38.2. The van der Waals surface area contributed by atoms with Crippen LogP contribution in [-0.4, -0.2) is 6.73 Å². The molecule has 4 nitrogen and oxygen atoms in total. The Morgan fingerprint density at radius 2 is 1.70 bits per heavy atom. The van der Waals surface area contributed by atoms with Crippen molar-refractivity contribution in [2.75, 3.05) is 11.6 Å². The molecule has 5 rings (SSSR count). The Balaban J connectivity index is 1.68. The molecule has 1 aromatic heterocycles. The van der Waals surface area contributed by atoms with Crippen molar-refractivity contribution in [1.82, 2.24) is 0 Å². The van der Waals surface area contributed by atoms with E-state index < -0.39 is 17.3 Å². The van der Waals surface area contributed by atoms with Crippen LogP contribution in [0.2, 0.25) is 0 Å². The number of fused-ring (bicyclic) bond motifs is 5. The SMILES string of the molecule is O=c1oc2c3c(ccc2c2ccccc12)OCN(c1ccc(F)c(F)c1)C3. The Morgan fingerprint density at radius 3 is 2.52 bits per heavy atom. The lowest BCUT2D eigenvalue weighted by molar-refractivity contribution is 0.289. The molecule has 6 heteroatoms. The van der Waals surface area contributed by atoms with Crippen LogP contribution in [-0.2, 0) is 6.54 Å². The molecule has 0 aliphatic carbocycles. The van der Waals surface area contributed by atoms with E-state index in [0.717, 1.165) is 22.9 Å². The number of anilines is 1. The maximum Gasteiger partial charge on any atom is 0.344 e. The fourth-order valence-corrected chi connectivity index (χ4v) is 3.50. The number of nitrogens with zero attached hydrogens (tertiary/aromatic N) is 1. The third kappa shape index (κ3) is 2.44. The molecule has 0 spiro atoms. The van der Waals surface area contributed by atoms with Gasteiger partial charge in [0, 0.05) is 17.1 Å². The van der Waals surface area contributed by atoms with E-state index in [0.29, 0.717) is 34.5 Å². The minimum Gasteiger partial charge on any atom is -0.473 e. The van der Waals surface area contributed by atoms with Gasteiger partial charge in [-0.1, -0.05) is 18.2 Å². The predicted molar refractivity (Wildman–Crippen MR) is 98.0 cm³/mol. The summed E-state index contributed by atoms with van der Waals surface area (Å²) in [5.41, 5.74) is 1.21. The number of halogens is 2. The summed E-state index contributed by atoms with van der Waals surface area (Å²) in [7, 11) is 0. The second-order valence-corrected chi connectivity index (χ2v) is 6.42. The van der Waals surface area contributed by atoms with Crippen LogP contribution >= 0.6 is 0 Å². The molecule has 0 saturated carbocycles. The summed E-state index contributed by atoms with van der Waals surface area (Å²) in [6, 6.07) is 14.7. The van der Waals surface area contributed by atoms with E-state index in [1.807, 2.05) is 24.3 Å². The van der Waals surface area contributed by atoms with E-state index in [1.165, 1.54) is 6.07 Å². The molecule has 134 valence electrons. The molecule has 0 unspecified atom stereocenters.